The van der Waals surface area contributed by atoms with Gasteiger partial charge in [0, 0.05) is 12.2 Å². The van der Waals surface area contributed by atoms with Crippen molar-refractivity contribution < 1.29 is 9.18 Å². The van der Waals surface area contributed by atoms with Crippen LogP contribution in [0.3, 0.4) is 0 Å². The van der Waals surface area contributed by atoms with E-state index < -0.39 is 5.82 Å². The van der Waals surface area contributed by atoms with Crippen LogP contribution in [-0.4, -0.2) is 41.7 Å². The van der Waals surface area contributed by atoms with Gasteiger partial charge in [0.2, 0.25) is 0 Å². The molecule has 0 aliphatic carbocycles. The van der Waals surface area contributed by atoms with E-state index in [2.05, 4.69) is 25.6 Å². The maximum atomic E-state index is 13.0. The van der Waals surface area contributed by atoms with Crippen LogP contribution >= 0.6 is 0 Å². The fourth-order valence-corrected chi connectivity index (χ4v) is 3.15. The molecule has 1 aromatic carbocycles. The van der Waals surface area contributed by atoms with E-state index in [0.717, 1.165) is 17.3 Å². The van der Waals surface area contributed by atoms with E-state index >= 15 is 0 Å². The van der Waals surface area contributed by atoms with Gasteiger partial charge in [-0.1, -0.05) is 11.6 Å². The van der Waals surface area contributed by atoms with Crippen LogP contribution in [0.15, 0.2) is 61.3 Å². The molecular formula is C21H20FN7O. The summed E-state index contributed by atoms with van der Waals surface area (Å²) in [5.41, 5.74) is 3.01. The molecule has 0 saturated heterocycles. The smallest absolute Gasteiger partial charge is 0.253 e. The fourth-order valence-electron chi connectivity index (χ4n) is 3.15. The lowest BCUT2D eigenvalue weighted by molar-refractivity contribution is 0.0939. The Morgan fingerprint density at radius 1 is 1.13 bits per heavy atom. The molecule has 1 unspecified atom stereocenters. The largest absolute Gasteiger partial charge is 0.349 e. The van der Waals surface area contributed by atoms with Crippen LogP contribution in [-0.2, 0) is 6.42 Å². The first kappa shape index (κ1) is 19.4. The van der Waals surface area contributed by atoms with Crippen molar-refractivity contribution in [2.45, 2.75) is 26.3 Å². The van der Waals surface area contributed by atoms with Gasteiger partial charge in [0.1, 0.15) is 5.82 Å². The molecule has 0 saturated carbocycles. The highest BCUT2D eigenvalue weighted by molar-refractivity contribution is 5.98. The molecule has 0 radical (unpaired) electrons. The highest BCUT2D eigenvalue weighted by Gasteiger charge is 2.17. The van der Waals surface area contributed by atoms with E-state index in [9.17, 15) is 9.18 Å². The summed E-state index contributed by atoms with van der Waals surface area (Å²) in [5, 5.41) is 15.5. The number of carbonyl (C=O) groups excluding carboxylic acids is 1. The number of amides is 1. The summed E-state index contributed by atoms with van der Waals surface area (Å²) in [6.45, 7) is 3.85. The second-order valence-electron chi connectivity index (χ2n) is 7.05. The lowest BCUT2D eigenvalue weighted by atomic mass is 10.1. The minimum atomic E-state index is -0.400. The molecule has 0 aliphatic rings. The quantitative estimate of drug-likeness (QED) is 0.533. The minimum Gasteiger partial charge on any atom is -0.349 e. The number of benzene rings is 1. The number of rotatable bonds is 6. The molecule has 8 nitrogen and oxygen atoms in total. The number of pyridine rings is 1. The molecule has 3 aromatic heterocycles. The van der Waals surface area contributed by atoms with Crippen LogP contribution in [0, 0.1) is 12.7 Å². The normalized spacial score (nSPS) is 12.0. The van der Waals surface area contributed by atoms with Gasteiger partial charge in [-0.2, -0.15) is 20.1 Å². The molecule has 4 rings (SSSR count). The van der Waals surface area contributed by atoms with E-state index in [1.807, 2.05) is 38.2 Å². The molecule has 0 spiro atoms. The molecule has 1 amide bonds. The molecule has 152 valence electrons. The SMILES string of the molecule is Cc1ccc(-n2nccn2)c(C(=O)NC(C)Cc2cnn(-c3ccc(F)cn3)c2)c1. The Bertz CT molecular complexity index is 1150. The van der Waals surface area contributed by atoms with Crippen LogP contribution in [0.25, 0.3) is 11.5 Å². The second-order valence-corrected chi connectivity index (χ2v) is 7.05. The highest BCUT2D eigenvalue weighted by atomic mass is 19.1. The standard InChI is InChI=1S/C21H20FN7O/c1-14-3-5-19(29-24-7-8-25-29)18(9-14)21(30)27-15(2)10-16-11-26-28(13-16)20-6-4-17(22)12-23-20/h3-9,11-13,15H,10H2,1-2H3,(H,27,30). The van der Waals surface area contributed by atoms with Crippen molar-refractivity contribution in [1.82, 2.24) is 35.1 Å². The van der Waals surface area contributed by atoms with Gasteiger partial charge in [0.05, 0.1) is 36.0 Å². The number of nitrogens with one attached hydrogen (secondary N) is 1. The molecular weight excluding hydrogens is 385 g/mol. The van der Waals surface area contributed by atoms with Crippen LogP contribution < -0.4 is 5.32 Å². The Morgan fingerprint density at radius 2 is 1.93 bits per heavy atom. The third kappa shape index (κ3) is 4.24. The number of halogens is 1. The Balaban J connectivity index is 1.46. The summed E-state index contributed by atoms with van der Waals surface area (Å²) < 4.78 is 14.6. The number of hydrogen-bond donors (Lipinski definition) is 1. The summed E-state index contributed by atoms with van der Waals surface area (Å²) in [4.78, 5) is 18.4. The Labute approximate surface area is 172 Å². The van der Waals surface area contributed by atoms with E-state index in [-0.39, 0.29) is 11.9 Å². The number of carbonyl (C=O) groups is 1. The molecule has 0 aliphatic heterocycles. The fraction of sp³-hybridized carbons (Fsp3) is 0.190. The zero-order chi connectivity index (χ0) is 21.1. The summed E-state index contributed by atoms with van der Waals surface area (Å²) in [6, 6.07) is 8.31. The van der Waals surface area contributed by atoms with E-state index in [0.29, 0.717) is 23.5 Å². The van der Waals surface area contributed by atoms with Crippen molar-refractivity contribution in [3.63, 3.8) is 0 Å². The molecule has 9 heteroatoms. The predicted molar refractivity (Wildman–Crippen MR) is 108 cm³/mol. The third-order valence-corrected chi connectivity index (χ3v) is 4.53. The molecule has 3 heterocycles. The number of hydrogen-bond acceptors (Lipinski definition) is 5. The first-order valence-electron chi connectivity index (χ1n) is 9.43. The average Bonchev–Trinajstić information content (AvgIpc) is 3.41. The van der Waals surface area contributed by atoms with Crippen molar-refractivity contribution in [2.24, 2.45) is 0 Å². The van der Waals surface area contributed by atoms with Crippen LogP contribution in [0.5, 0.6) is 0 Å². The monoisotopic (exact) mass is 405 g/mol. The molecule has 0 bridgehead atoms. The summed E-state index contributed by atoms with van der Waals surface area (Å²) >= 11 is 0. The maximum Gasteiger partial charge on any atom is 0.253 e. The van der Waals surface area contributed by atoms with Crippen LogP contribution in [0.4, 0.5) is 4.39 Å². The molecule has 4 aromatic rings. The first-order valence-corrected chi connectivity index (χ1v) is 9.43. The van der Waals surface area contributed by atoms with Gasteiger partial charge >= 0.3 is 0 Å². The van der Waals surface area contributed by atoms with Crippen LogP contribution in [0.2, 0.25) is 0 Å². The van der Waals surface area contributed by atoms with Crippen molar-refractivity contribution >= 4 is 5.91 Å². The van der Waals surface area contributed by atoms with Crippen molar-refractivity contribution in [2.75, 3.05) is 0 Å². The van der Waals surface area contributed by atoms with Gasteiger partial charge in [-0.05, 0) is 50.1 Å². The molecule has 1 N–H and O–H groups in total. The van der Waals surface area contributed by atoms with E-state index in [4.69, 9.17) is 0 Å². The summed E-state index contributed by atoms with van der Waals surface area (Å²) in [6.07, 6.45) is 8.38. The summed E-state index contributed by atoms with van der Waals surface area (Å²) in [5.74, 6) is -0.0788. The maximum absolute atomic E-state index is 13.0. The average molecular weight is 405 g/mol. The van der Waals surface area contributed by atoms with Crippen molar-refractivity contribution in [3.05, 3.63) is 83.8 Å². The predicted octanol–water partition coefficient (Wildman–Crippen LogP) is 2.66. The summed E-state index contributed by atoms with van der Waals surface area (Å²) in [7, 11) is 0. The molecule has 0 fully saturated rings. The molecule has 30 heavy (non-hydrogen) atoms. The van der Waals surface area contributed by atoms with Gasteiger partial charge in [-0.15, -0.1) is 0 Å². The second kappa shape index (κ2) is 8.24. The van der Waals surface area contributed by atoms with E-state index in [1.165, 1.54) is 10.9 Å². The topological polar surface area (TPSA) is 90.5 Å². The lowest BCUT2D eigenvalue weighted by Crippen LogP contribution is -2.34. The minimum absolute atomic E-state index is 0.143. The highest BCUT2D eigenvalue weighted by Crippen LogP contribution is 2.16. The Hall–Kier alpha value is -3.88. The van der Waals surface area contributed by atoms with E-state index in [1.54, 1.807) is 29.3 Å². The van der Waals surface area contributed by atoms with Gasteiger partial charge in [-0.25, -0.2) is 14.1 Å². The Morgan fingerprint density at radius 3 is 2.67 bits per heavy atom. The lowest BCUT2D eigenvalue weighted by Gasteiger charge is -2.15. The van der Waals surface area contributed by atoms with Gasteiger partial charge < -0.3 is 5.32 Å². The molecule has 1 atom stereocenters. The Kier molecular flexibility index (Phi) is 5.34. The van der Waals surface area contributed by atoms with Crippen molar-refractivity contribution in [1.29, 1.82) is 0 Å². The van der Waals surface area contributed by atoms with Gasteiger partial charge in [0.25, 0.3) is 5.91 Å². The van der Waals surface area contributed by atoms with Gasteiger partial charge in [0.15, 0.2) is 5.82 Å². The zero-order valence-electron chi connectivity index (χ0n) is 16.5. The zero-order valence-corrected chi connectivity index (χ0v) is 16.5. The first-order chi connectivity index (χ1) is 14.5. The third-order valence-electron chi connectivity index (χ3n) is 4.53. The van der Waals surface area contributed by atoms with Gasteiger partial charge in [-0.3, -0.25) is 4.79 Å². The number of aryl methyl sites for hydroxylation is 1. The van der Waals surface area contributed by atoms with Crippen molar-refractivity contribution in [3.8, 4) is 11.5 Å². The number of aromatic nitrogens is 6. The number of nitrogens with zero attached hydrogens (tertiary/aromatic N) is 6. The van der Waals surface area contributed by atoms with Crippen LogP contribution in [0.1, 0.15) is 28.4 Å².